The van der Waals surface area contributed by atoms with Gasteiger partial charge in [-0.25, -0.2) is 9.78 Å². The Bertz CT molecular complexity index is 476. The minimum Gasteiger partial charge on any atom is -0.459 e. The van der Waals surface area contributed by atoms with Gasteiger partial charge in [0.05, 0.1) is 6.61 Å². The minimum atomic E-state index is -0.537. The summed E-state index contributed by atoms with van der Waals surface area (Å²) in [4.78, 5) is 15.4. The third kappa shape index (κ3) is 2.11. The van der Waals surface area contributed by atoms with Gasteiger partial charge in [0, 0.05) is 5.56 Å². The van der Waals surface area contributed by atoms with Gasteiger partial charge in [-0.3, -0.25) is 0 Å². The number of carbonyl (C=O) groups excluding carboxylic acids is 1. The van der Waals surface area contributed by atoms with Crippen LogP contribution in [0.1, 0.15) is 17.6 Å². The van der Waals surface area contributed by atoms with Gasteiger partial charge in [0.2, 0.25) is 0 Å². The van der Waals surface area contributed by atoms with Gasteiger partial charge in [0.25, 0.3) is 0 Å². The van der Waals surface area contributed by atoms with Crippen molar-refractivity contribution in [2.75, 3.05) is 6.61 Å². The van der Waals surface area contributed by atoms with Crippen molar-refractivity contribution in [3.8, 4) is 11.3 Å². The smallest absolute Gasteiger partial charge is 0.394 e. The normalized spacial score (nSPS) is 10.1. The molecule has 0 aliphatic rings. The summed E-state index contributed by atoms with van der Waals surface area (Å²) in [5.74, 6) is -0.551. The Morgan fingerprint density at radius 2 is 2.12 bits per heavy atom. The molecule has 0 N–H and O–H groups in total. The minimum absolute atomic E-state index is 0.0132. The van der Waals surface area contributed by atoms with Crippen LogP contribution in [0.5, 0.6) is 0 Å². The molecule has 0 aliphatic carbocycles. The molecule has 0 fully saturated rings. The summed E-state index contributed by atoms with van der Waals surface area (Å²) in [6.45, 7) is 2.04. The molecule has 0 saturated carbocycles. The van der Waals surface area contributed by atoms with E-state index < -0.39 is 5.97 Å². The first kappa shape index (κ1) is 10.4. The second-order valence-electron chi connectivity index (χ2n) is 3.12. The van der Waals surface area contributed by atoms with E-state index in [0.717, 1.165) is 5.56 Å². The summed E-state index contributed by atoms with van der Waals surface area (Å²) in [5, 5.41) is 0. The number of esters is 1. The van der Waals surface area contributed by atoms with Crippen molar-refractivity contribution in [2.45, 2.75) is 6.92 Å². The second kappa shape index (κ2) is 4.61. The molecule has 2 rings (SSSR count). The molecule has 16 heavy (non-hydrogen) atoms. The van der Waals surface area contributed by atoms with Gasteiger partial charge in [-0.2, -0.15) is 0 Å². The van der Waals surface area contributed by atoms with Crippen LogP contribution in [-0.2, 0) is 4.74 Å². The molecule has 2 aromatic rings. The average Bonchev–Trinajstić information content (AvgIpc) is 2.80. The number of rotatable bonds is 3. The quantitative estimate of drug-likeness (QED) is 0.741. The Morgan fingerprint density at radius 1 is 1.38 bits per heavy atom. The largest absolute Gasteiger partial charge is 0.459 e. The van der Waals surface area contributed by atoms with Gasteiger partial charge < -0.3 is 9.15 Å². The summed E-state index contributed by atoms with van der Waals surface area (Å²) >= 11 is 0. The molecule has 0 atom stereocenters. The Kier molecular flexibility index (Phi) is 3.00. The van der Waals surface area contributed by atoms with Crippen LogP contribution >= 0.6 is 0 Å². The molecular weight excluding hydrogens is 206 g/mol. The Hall–Kier alpha value is -2.10. The number of hydrogen-bond acceptors (Lipinski definition) is 4. The van der Waals surface area contributed by atoms with Crippen molar-refractivity contribution in [3.05, 3.63) is 42.5 Å². The molecule has 0 radical (unpaired) electrons. The van der Waals surface area contributed by atoms with Gasteiger partial charge in [-0.15, -0.1) is 0 Å². The summed E-state index contributed by atoms with van der Waals surface area (Å²) in [6, 6.07) is 9.50. The van der Waals surface area contributed by atoms with E-state index in [0.29, 0.717) is 12.3 Å². The SMILES string of the molecule is CCOC(=O)c1nc(-c2ccccc2)co1. The molecule has 0 unspecified atom stereocenters. The number of nitrogens with zero attached hydrogens (tertiary/aromatic N) is 1. The maximum Gasteiger partial charge on any atom is 0.394 e. The molecule has 1 aromatic heterocycles. The molecule has 1 aromatic carbocycles. The lowest BCUT2D eigenvalue weighted by atomic mass is 10.2. The van der Waals surface area contributed by atoms with Crippen molar-refractivity contribution in [3.63, 3.8) is 0 Å². The van der Waals surface area contributed by atoms with E-state index >= 15 is 0 Å². The van der Waals surface area contributed by atoms with E-state index in [4.69, 9.17) is 9.15 Å². The highest BCUT2D eigenvalue weighted by molar-refractivity contribution is 5.85. The third-order valence-electron chi connectivity index (χ3n) is 2.02. The van der Waals surface area contributed by atoms with Gasteiger partial charge in [-0.05, 0) is 6.92 Å². The lowest BCUT2D eigenvalue weighted by molar-refractivity contribution is 0.0481. The van der Waals surface area contributed by atoms with Crippen LogP contribution in [0.2, 0.25) is 0 Å². The number of hydrogen-bond donors (Lipinski definition) is 0. The first-order chi connectivity index (χ1) is 7.81. The molecule has 0 amide bonds. The van der Waals surface area contributed by atoms with Crippen molar-refractivity contribution in [2.24, 2.45) is 0 Å². The monoisotopic (exact) mass is 217 g/mol. The first-order valence-electron chi connectivity index (χ1n) is 4.99. The van der Waals surface area contributed by atoms with Crippen LogP contribution in [0.3, 0.4) is 0 Å². The number of ether oxygens (including phenoxy) is 1. The maximum absolute atomic E-state index is 11.3. The van der Waals surface area contributed by atoms with Crippen molar-refractivity contribution < 1.29 is 13.9 Å². The molecule has 0 spiro atoms. The maximum atomic E-state index is 11.3. The van der Waals surface area contributed by atoms with Crippen molar-refractivity contribution in [1.82, 2.24) is 4.98 Å². The summed E-state index contributed by atoms with van der Waals surface area (Å²) < 4.78 is 9.83. The molecule has 82 valence electrons. The lowest BCUT2D eigenvalue weighted by Gasteiger charge is -1.95. The highest BCUT2D eigenvalue weighted by Gasteiger charge is 2.14. The highest BCUT2D eigenvalue weighted by Crippen LogP contribution is 2.18. The van der Waals surface area contributed by atoms with E-state index in [-0.39, 0.29) is 5.89 Å². The first-order valence-corrected chi connectivity index (χ1v) is 4.99. The van der Waals surface area contributed by atoms with E-state index in [1.165, 1.54) is 6.26 Å². The summed E-state index contributed by atoms with van der Waals surface area (Å²) in [6.07, 6.45) is 1.45. The highest BCUT2D eigenvalue weighted by atomic mass is 16.5. The van der Waals surface area contributed by atoms with Crippen LogP contribution in [0, 0.1) is 0 Å². The van der Waals surface area contributed by atoms with Crippen LogP contribution in [0.15, 0.2) is 41.0 Å². The molecule has 1 heterocycles. The molecule has 4 heteroatoms. The van der Waals surface area contributed by atoms with Crippen LogP contribution in [0.25, 0.3) is 11.3 Å². The van der Waals surface area contributed by atoms with Crippen molar-refractivity contribution in [1.29, 1.82) is 0 Å². The zero-order valence-corrected chi connectivity index (χ0v) is 8.84. The van der Waals surface area contributed by atoms with E-state index in [2.05, 4.69) is 4.98 Å². The average molecular weight is 217 g/mol. The van der Waals surface area contributed by atoms with Gasteiger partial charge in [0.1, 0.15) is 12.0 Å². The van der Waals surface area contributed by atoms with E-state index in [9.17, 15) is 4.79 Å². The Balaban J connectivity index is 2.23. The van der Waals surface area contributed by atoms with E-state index in [1.54, 1.807) is 6.92 Å². The fraction of sp³-hybridized carbons (Fsp3) is 0.167. The van der Waals surface area contributed by atoms with Crippen LogP contribution in [-0.4, -0.2) is 17.6 Å². The van der Waals surface area contributed by atoms with Crippen LogP contribution in [0.4, 0.5) is 0 Å². The summed E-state index contributed by atoms with van der Waals surface area (Å²) in [7, 11) is 0. The fourth-order valence-corrected chi connectivity index (χ4v) is 1.30. The predicted molar refractivity (Wildman–Crippen MR) is 57.9 cm³/mol. The number of carbonyl (C=O) groups is 1. The van der Waals surface area contributed by atoms with Gasteiger partial charge in [-0.1, -0.05) is 30.3 Å². The van der Waals surface area contributed by atoms with Gasteiger partial charge >= 0.3 is 11.9 Å². The van der Waals surface area contributed by atoms with Crippen molar-refractivity contribution >= 4 is 5.97 Å². The van der Waals surface area contributed by atoms with Crippen LogP contribution < -0.4 is 0 Å². The zero-order valence-electron chi connectivity index (χ0n) is 8.84. The zero-order chi connectivity index (χ0) is 11.4. The number of benzene rings is 1. The molecule has 4 nitrogen and oxygen atoms in total. The predicted octanol–water partition coefficient (Wildman–Crippen LogP) is 2.52. The molecule has 0 saturated heterocycles. The molecule has 0 aliphatic heterocycles. The second-order valence-corrected chi connectivity index (χ2v) is 3.12. The third-order valence-corrected chi connectivity index (χ3v) is 2.02. The summed E-state index contributed by atoms with van der Waals surface area (Å²) in [5.41, 5.74) is 1.53. The van der Waals surface area contributed by atoms with E-state index in [1.807, 2.05) is 30.3 Å². The number of aromatic nitrogens is 1. The fourth-order valence-electron chi connectivity index (χ4n) is 1.30. The lowest BCUT2D eigenvalue weighted by Crippen LogP contribution is -2.04. The Labute approximate surface area is 92.9 Å². The standard InChI is InChI=1S/C12H11NO3/c1-2-15-12(14)11-13-10(8-16-11)9-6-4-3-5-7-9/h3-8H,2H2,1H3. The van der Waals surface area contributed by atoms with Gasteiger partial charge in [0.15, 0.2) is 0 Å². The molecule has 0 bridgehead atoms. The topological polar surface area (TPSA) is 52.3 Å². The number of oxazole rings is 1. The molecular formula is C12H11NO3. The Morgan fingerprint density at radius 3 is 2.81 bits per heavy atom.